The van der Waals surface area contributed by atoms with Gasteiger partial charge in [-0.25, -0.2) is 12.7 Å². The second kappa shape index (κ2) is 11.0. The van der Waals surface area contributed by atoms with Crippen LogP contribution in [0.15, 0.2) is 54.6 Å². The van der Waals surface area contributed by atoms with Crippen LogP contribution in [0.1, 0.15) is 17.5 Å². The number of amides is 1. The average molecular weight is 491 g/mol. The molecule has 2 aromatic carbocycles. The van der Waals surface area contributed by atoms with Crippen molar-refractivity contribution in [1.29, 1.82) is 0 Å². The van der Waals surface area contributed by atoms with E-state index in [0.717, 1.165) is 36.6 Å². The summed E-state index contributed by atoms with van der Waals surface area (Å²) in [5.41, 5.74) is 2.01. The molecule has 0 saturated carbocycles. The first-order valence-electron chi connectivity index (χ1n) is 11.4. The summed E-state index contributed by atoms with van der Waals surface area (Å²) in [4.78, 5) is 16.9. The third-order valence-corrected chi connectivity index (χ3v) is 8.39. The molecule has 1 N–H and O–H groups in total. The molecule has 33 heavy (non-hydrogen) atoms. The minimum Gasteiger partial charge on any atom is -0.339 e. The SMILES string of the molecule is O=C(CN[C@H]1CCN(S(=O)(=O)Cc2ccccc2)C1)N1CCN(Cc2ccc(Cl)cc2)CC1. The van der Waals surface area contributed by atoms with E-state index < -0.39 is 10.0 Å². The number of hydrogen-bond acceptors (Lipinski definition) is 5. The normalized spacial score (nSPS) is 20.3. The van der Waals surface area contributed by atoms with Crippen LogP contribution in [-0.4, -0.2) is 80.3 Å². The fraction of sp³-hybridized carbons (Fsp3) is 0.458. The maximum Gasteiger partial charge on any atom is 0.236 e. The summed E-state index contributed by atoms with van der Waals surface area (Å²) in [5, 5.41) is 4.01. The molecule has 2 saturated heterocycles. The zero-order valence-corrected chi connectivity index (χ0v) is 20.3. The summed E-state index contributed by atoms with van der Waals surface area (Å²) < 4.78 is 27.0. The highest BCUT2D eigenvalue weighted by Crippen LogP contribution is 2.18. The molecule has 0 bridgehead atoms. The highest BCUT2D eigenvalue weighted by molar-refractivity contribution is 7.88. The number of nitrogens with zero attached hydrogens (tertiary/aromatic N) is 3. The predicted molar refractivity (Wildman–Crippen MR) is 130 cm³/mol. The largest absolute Gasteiger partial charge is 0.339 e. The number of nitrogens with one attached hydrogen (secondary N) is 1. The third-order valence-electron chi connectivity index (χ3n) is 6.32. The lowest BCUT2D eigenvalue weighted by molar-refractivity contribution is -0.132. The van der Waals surface area contributed by atoms with E-state index in [9.17, 15) is 13.2 Å². The minimum absolute atomic E-state index is 0.00527. The highest BCUT2D eigenvalue weighted by Gasteiger charge is 2.32. The minimum atomic E-state index is -3.35. The Labute approximate surface area is 201 Å². The molecular formula is C24H31ClN4O3S. The fourth-order valence-electron chi connectivity index (χ4n) is 4.37. The van der Waals surface area contributed by atoms with E-state index in [2.05, 4.69) is 10.2 Å². The number of sulfonamides is 1. The Morgan fingerprint density at radius 1 is 0.939 bits per heavy atom. The lowest BCUT2D eigenvalue weighted by Crippen LogP contribution is -2.51. The molecule has 0 aromatic heterocycles. The van der Waals surface area contributed by atoms with Gasteiger partial charge in [0.2, 0.25) is 15.9 Å². The van der Waals surface area contributed by atoms with Crippen molar-refractivity contribution < 1.29 is 13.2 Å². The maximum absolute atomic E-state index is 12.7. The Morgan fingerprint density at radius 2 is 1.64 bits per heavy atom. The summed E-state index contributed by atoms with van der Waals surface area (Å²) >= 11 is 5.95. The van der Waals surface area contributed by atoms with Gasteiger partial charge in [0, 0.05) is 56.9 Å². The molecule has 0 unspecified atom stereocenters. The van der Waals surface area contributed by atoms with Gasteiger partial charge in [-0.15, -0.1) is 0 Å². The molecule has 2 aromatic rings. The van der Waals surface area contributed by atoms with Gasteiger partial charge in [0.05, 0.1) is 12.3 Å². The summed E-state index contributed by atoms with van der Waals surface area (Å²) in [5.74, 6) is 0.0894. The molecule has 2 heterocycles. The van der Waals surface area contributed by atoms with Crippen molar-refractivity contribution in [3.05, 3.63) is 70.7 Å². The Kier molecular flexibility index (Phi) is 8.03. The van der Waals surface area contributed by atoms with Gasteiger partial charge in [-0.1, -0.05) is 54.1 Å². The van der Waals surface area contributed by atoms with Crippen LogP contribution in [-0.2, 0) is 27.1 Å². The molecule has 2 fully saturated rings. The molecule has 178 valence electrons. The van der Waals surface area contributed by atoms with Crippen LogP contribution in [0.5, 0.6) is 0 Å². The van der Waals surface area contributed by atoms with Crippen LogP contribution in [0.2, 0.25) is 5.02 Å². The number of rotatable bonds is 8. The van der Waals surface area contributed by atoms with Crippen molar-refractivity contribution in [1.82, 2.24) is 19.4 Å². The van der Waals surface area contributed by atoms with Crippen LogP contribution in [0.3, 0.4) is 0 Å². The number of benzene rings is 2. The molecule has 1 amide bonds. The highest BCUT2D eigenvalue weighted by atomic mass is 35.5. The van der Waals surface area contributed by atoms with E-state index >= 15 is 0 Å². The van der Waals surface area contributed by atoms with Crippen LogP contribution < -0.4 is 5.32 Å². The van der Waals surface area contributed by atoms with Crippen molar-refractivity contribution in [2.45, 2.75) is 24.8 Å². The van der Waals surface area contributed by atoms with Gasteiger partial charge in [0.25, 0.3) is 0 Å². The van der Waals surface area contributed by atoms with Crippen molar-refractivity contribution in [2.75, 3.05) is 45.8 Å². The predicted octanol–water partition coefficient (Wildman–Crippen LogP) is 2.18. The molecule has 1 atom stereocenters. The Morgan fingerprint density at radius 3 is 2.33 bits per heavy atom. The molecular weight excluding hydrogens is 460 g/mol. The monoisotopic (exact) mass is 490 g/mol. The second-order valence-corrected chi connectivity index (χ2v) is 11.2. The number of carbonyl (C=O) groups excluding carboxylic acids is 1. The quantitative estimate of drug-likeness (QED) is 0.614. The van der Waals surface area contributed by atoms with E-state index in [1.54, 1.807) is 0 Å². The lowest BCUT2D eigenvalue weighted by Gasteiger charge is -2.35. The van der Waals surface area contributed by atoms with Crippen LogP contribution in [0.4, 0.5) is 0 Å². The van der Waals surface area contributed by atoms with Crippen molar-refractivity contribution >= 4 is 27.5 Å². The lowest BCUT2D eigenvalue weighted by atomic mass is 10.2. The van der Waals surface area contributed by atoms with Crippen molar-refractivity contribution in [2.24, 2.45) is 0 Å². The summed E-state index contributed by atoms with van der Waals surface area (Å²) in [6, 6.07) is 17.1. The average Bonchev–Trinajstić information content (AvgIpc) is 3.30. The van der Waals surface area contributed by atoms with Gasteiger partial charge in [0.15, 0.2) is 0 Å². The van der Waals surface area contributed by atoms with Crippen LogP contribution in [0.25, 0.3) is 0 Å². The summed E-state index contributed by atoms with van der Waals surface area (Å²) in [6.07, 6.45) is 0.718. The number of carbonyl (C=O) groups is 1. The van der Waals surface area contributed by atoms with Gasteiger partial charge in [-0.3, -0.25) is 9.69 Å². The first-order valence-corrected chi connectivity index (χ1v) is 13.4. The Balaban J connectivity index is 1.18. The van der Waals surface area contributed by atoms with E-state index in [-0.39, 0.29) is 24.2 Å². The molecule has 9 heteroatoms. The van der Waals surface area contributed by atoms with Crippen LogP contribution >= 0.6 is 11.6 Å². The zero-order valence-electron chi connectivity index (χ0n) is 18.7. The maximum atomic E-state index is 12.7. The van der Waals surface area contributed by atoms with Gasteiger partial charge >= 0.3 is 0 Å². The number of piperazine rings is 1. The number of hydrogen-bond donors (Lipinski definition) is 1. The molecule has 2 aliphatic rings. The molecule has 0 spiro atoms. The third kappa shape index (κ3) is 6.77. The topological polar surface area (TPSA) is 73.0 Å². The zero-order chi connectivity index (χ0) is 23.3. The fourth-order valence-corrected chi connectivity index (χ4v) is 6.08. The van der Waals surface area contributed by atoms with Crippen molar-refractivity contribution in [3.63, 3.8) is 0 Å². The molecule has 0 aliphatic carbocycles. The molecule has 0 radical (unpaired) electrons. The van der Waals surface area contributed by atoms with Gasteiger partial charge in [-0.2, -0.15) is 0 Å². The van der Waals surface area contributed by atoms with E-state index in [1.165, 1.54) is 9.87 Å². The van der Waals surface area contributed by atoms with Crippen LogP contribution in [0, 0.1) is 0 Å². The standard InChI is InChI=1S/C24H31ClN4O3S/c25-22-8-6-20(7-9-22)17-27-12-14-28(15-13-27)24(30)16-26-23-10-11-29(18-23)33(31,32)19-21-4-2-1-3-5-21/h1-9,23,26H,10-19H2/t23-/m0/s1. The number of halogens is 1. The summed E-state index contributed by atoms with van der Waals surface area (Å²) in [6.45, 7) is 5.09. The molecule has 4 rings (SSSR count). The van der Waals surface area contributed by atoms with E-state index in [0.29, 0.717) is 26.2 Å². The van der Waals surface area contributed by atoms with Crippen molar-refractivity contribution in [3.8, 4) is 0 Å². The smallest absolute Gasteiger partial charge is 0.236 e. The van der Waals surface area contributed by atoms with Gasteiger partial charge < -0.3 is 10.2 Å². The van der Waals surface area contributed by atoms with Gasteiger partial charge in [-0.05, 0) is 29.7 Å². The first kappa shape index (κ1) is 24.2. The van der Waals surface area contributed by atoms with Gasteiger partial charge in [0.1, 0.15) is 0 Å². The Hall–Kier alpha value is -1.97. The first-order chi connectivity index (χ1) is 15.9. The van der Waals surface area contributed by atoms with E-state index in [1.807, 2.05) is 59.5 Å². The molecule has 2 aliphatic heterocycles. The Bertz CT molecular complexity index is 1030. The molecule has 7 nitrogen and oxygen atoms in total. The second-order valence-electron chi connectivity index (χ2n) is 8.75. The van der Waals surface area contributed by atoms with E-state index in [4.69, 9.17) is 11.6 Å². The summed E-state index contributed by atoms with van der Waals surface area (Å²) in [7, 11) is -3.35.